The first-order valence-corrected chi connectivity index (χ1v) is 6.21. The second kappa shape index (κ2) is 6.31. The Hall–Kier alpha value is -1.68. The SMILES string of the molecule is O=C1CCCNCC1C(=O)OCc1ccccc1. The molecule has 0 aromatic heterocycles. The van der Waals surface area contributed by atoms with Crippen molar-refractivity contribution in [2.75, 3.05) is 13.1 Å². The molecule has 1 heterocycles. The first kappa shape index (κ1) is 12.8. The fourth-order valence-corrected chi connectivity index (χ4v) is 1.97. The monoisotopic (exact) mass is 247 g/mol. The van der Waals surface area contributed by atoms with Gasteiger partial charge in [0.2, 0.25) is 0 Å². The number of Topliss-reactive ketones (excluding diaryl/α,β-unsaturated/α-hetero) is 1. The average Bonchev–Trinajstić information content (AvgIpc) is 2.62. The maximum Gasteiger partial charge on any atom is 0.318 e. The highest BCUT2D eigenvalue weighted by molar-refractivity contribution is 5.99. The van der Waals surface area contributed by atoms with Crippen LogP contribution in [-0.2, 0) is 20.9 Å². The van der Waals surface area contributed by atoms with Crippen LogP contribution in [0.1, 0.15) is 18.4 Å². The Labute approximate surface area is 106 Å². The lowest BCUT2D eigenvalue weighted by Crippen LogP contribution is -2.33. The molecule has 0 spiro atoms. The Kier molecular flexibility index (Phi) is 4.47. The topological polar surface area (TPSA) is 55.4 Å². The van der Waals surface area contributed by atoms with Crippen molar-refractivity contribution < 1.29 is 14.3 Å². The van der Waals surface area contributed by atoms with E-state index in [1.807, 2.05) is 30.3 Å². The van der Waals surface area contributed by atoms with Gasteiger partial charge in [-0.15, -0.1) is 0 Å². The van der Waals surface area contributed by atoms with Gasteiger partial charge in [0.1, 0.15) is 18.3 Å². The zero-order valence-corrected chi connectivity index (χ0v) is 10.2. The highest BCUT2D eigenvalue weighted by Gasteiger charge is 2.28. The molecule has 1 aromatic rings. The van der Waals surface area contributed by atoms with Crippen LogP contribution in [0, 0.1) is 5.92 Å². The zero-order valence-electron chi connectivity index (χ0n) is 10.2. The third-order valence-electron chi connectivity index (χ3n) is 3.02. The normalized spacial score (nSPS) is 20.2. The molecule has 1 aliphatic heterocycles. The van der Waals surface area contributed by atoms with Crippen molar-refractivity contribution in [1.29, 1.82) is 0 Å². The van der Waals surface area contributed by atoms with Crippen molar-refractivity contribution in [1.82, 2.24) is 5.32 Å². The van der Waals surface area contributed by atoms with Gasteiger partial charge in [-0.25, -0.2) is 0 Å². The van der Waals surface area contributed by atoms with Gasteiger partial charge >= 0.3 is 5.97 Å². The van der Waals surface area contributed by atoms with Gasteiger partial charge in [-0.05, 0) is 18.5 Å². The van der Waals surface area contributed by atoms with Crippen molar-refractivity contribution in [3.05, 3.63) is 35.9 Å². The molecule has 2 rings (SSSR count). The average molecular weight is 247 g/mol. The van der Waals surface area contributed by atoms with Crippen LogP contribution in [0.25, 0.3) is 0 Å². The number of nitrogens with one attached hydrogen (secondary N) is 1. The van der Waals surface area contributed by atoms with Crippen molar-refractivity contribution in [3.63, 3.8) is 0 Å². The molecule has 0 amide bonds. The summed E-state index contributed by atoms with van der Waals surface area (Å²) in [5.41, 5.74) is 0.930. The number of hydrogen-bond donors (Lipinski definition) is 1. The molecule has 1 N–H and O–H groups in total. The summed E-state index contributed by atoms with van der Waals surface area (Å²) in [4.78, 5) is 23.6. The molecule has 4 nitrogen and oxygen atoms in total. The number of rotatable bonds is 3. The van der Waals surface area contributed by atoms with E-state index < -0.39 is 11.9 Å². The molecule has 0 radical (unpaired) electrons. The van der Waals surface area contributed by atoms with Crippen molar-refractivity contribution in [3.8, 4) is 0 Å². The number of carbonyl (C=O) groups excluding carboxylic acids is 2. The summed E-state index contributed by atoms with van der Waals surface area (Å²) in [6.07, 6.45) is 1.25. The predicted octanol–water partition coefficient (Wildman–Crippen LogP) is 1.30. The lowest BCUT2D eigenvalue weighted by atomic mass is 10.0. The molecule has 1 saturated heterocycles. The number of ketones is 1. The van der Waals surface area contributed by atoms with E-state index in [0.717, 1.165) is 18.5 Å². The highest BCUT2D eigenvalue weighted by Crippen LogP contribution is 2.11. The van der Waals surface area contributed by atoms with Gasteiger partial charge in [0.05, 0.1) is 0 Å². The summed E-state index contributed by atoms with van der Waals surface area (Å²) < 4.78 is 5.19. The molecule has 0 saturated carbocycles. The fraction of sp³-hybridized carbons (Fsp3) is 0.429. The molecule has 18 heavy (non-hydrogen) atoms. The van der Waals surface area contributed by atoms with Crippen LogP contribution in [0.5, 0.6) is 0 Å². The predicted molar refractivity (Wildman–Crippen MR) is 66.8 cm³/mol. The van der Waals surface area contributed by atoms with E-state index in [1.165, 1.54) is 0 Å². The largest absolute Gasteiger partial charge is 0.460 e. The first-order chi connectivity index (χ1) is 8.77. The number of hydrogen-bond acceptors (Lipinski definition) is 4. The van der Waals surface area contributed by atoms with Gasteiger partial charge < -0.3 is 10.1 Å². The van der Waals surface area contributed by atoms with Gasteiger partial charge in [0.15, 0.2) is 0 Å². The molecule has 0 aliphatic carbocycles. The molecule has 1 atom stereocenters. The molecule has 1 aliphatic rings. The van der Waals surface area contributed by atoms with Gasteiger partial charge in [0, 0.05) is 13.0 Å². The van der Waals surface area contributed by atoms with E-state index in [0.29, 0.717) is 13.0 Å². The van der Waals surface area contributed by atoms with Gasteiger partial charge in [-0.1, -0.05) is 30.3 Å². The lowest BCUT2D eigenvalue weighted by molar-refractivity contribution is -0.152. The van der Waals surface area contributed by atoms with E-state index in [9.17, 15) is 9.59 Å². The number of esters is 1. The minimum atomic E-state index is -0.642. The van der Waals surface area contributed by atoms with Crippen LogP contribution < -0.4 is 5.32 Å². The molecule has 1 unspecified atom stereocenters. The van der Waals surface area contributed by atoms with Crippen LogP contribution >= 0.6 is 0 Å². The number of ether oxygens (including phenoxy) is 1. The summed E-state index contributed by atoms with van der Waals surface area (Å²) in [6.45, 7) is 1.41. The third-order valence-corrected chi connectivity index (χ3v) is 3.02. The Balaban J connectivity index is 1.89. The second-order valence-corrected chi connectivity index (χ2v) is 4.42. The quantitative estimate of drug-likeness (QED) is 0.646. The summed E-state index contributed by atoms with van der Waals surface area (Å²) >= 11 is 0. The minimum Gasteiger partial charge on any atom is -0.460 e. The molecular weight excluding hydrogens is 230 g/mol. The van der Waals surface area contributed by atoms with E-state index in [4.69, 9.17) is 4.74 Å². The Morgan fingerprint density at radius 2 is 2.11 bits per heavy atom. The van der Waals surface area contributed by atoms with Gasteiger partial charge in [-0.2, -0.15) is 0 Å². The van der Waals surface area contributed by atoms with Crippen molar-refractivity contribution >= 4 is 11.8 Å². The Morgan fingerprint density at radius 3 is 2.89 bits per heavy atom. The van der Waals surface area contributed by atoms with E-state index in [-0.39, 0.29) is 12.4 Å². The zero-order chi connectivity index (χ0) is 12.8. The maximum absolute atomic E-state index is 11.9. The number of carbonyl (C=O) groups is 2. The van der Waals surface area contributed by atoms with Crippen LogP contribution in [0.15, 0.2) is 30.3 Å². The lowest BCUT2D eigenvalue weighted by Gasteiger charge is -2.12. The van der Waals surface area contributed by atoms with Crippen LogP contribution in [0.2, 0.25) is 0 Å². The summed E-state index contributed by atoms with van der Waals surface area (Å²) in [5, 5.41) is 3.09. The molecule has 1 fully saturated rings. The molecule has 0 bridgehead atoms. The number of benzene rings is 1. The highest BCUT2D eigenvalue weighted by atomic mass is 16.5. The standard InChI is InChI=1S/C14H17NO3/c16-13-7-4-8-15-9-12(13)14(17)18-10-11-5-2-1-3-6-11/h1-3,5-6,12,15H,4,7-10H2. The Bertz CT molecular complexity index is 416. The van der Waals surface area contributed by atoms with Crippen molar-refractivity contribution in [2.24, 2.45) is 5.92 Å². The van der Waals surface area contributed by atoms with E-state index in [1.54, 1.807) is 0 Å². The van der Waals surface area contributed by atoms with Gasteiger partial charge in [0.25, 0.3) is 0 Å². The second-order valence-electron chi connectivity index (χ2n) is 4.42. The Morgan fingerprint density at radius 1 is 1.33 bits per heavy atom. The molecule has 1 aromatic carbocycles. The summed E-state index contributed by atoms with van der Waals surface area (Å²) in [6, 6.07) is 9.47. The summed E-state index contributed by atoms with van der Waals surface area (Å²) in [5.74, 6) is -1.08. The molecular formula is C14H17NO3. The van der Waals surface area contributed by atoms with E-state index >= 15 is 0 Å². The van der Waals surface area contributed by atoms with E-state index in [2.05, 4.69) is 5.32 Å². The van der Waals surface area contributed by atoms with Crippen molar-refractivity contribution in [2.45, 2.75) is 19.4 Å². The third kappa shape index (κ3) is 3.40. The van der Waals surface area contributed by atoms with Crippen LogP contribution in [0.3, 0.4) is 0 Å². The first-order valence-electron chi connectivity index (χ1n) is 6.21. The molecule has 4 heteroatoms. The fourth-order valence-electron chi connectivity index (χ4n) is 1.97. The van der Waals surface area contributed by atoms with Gasteiger partial charge in [-0.3, -0.25) is 9.59 Å². The maximum atomic E-state index is 11.9. The summed E-state index contributed by atoms with van der Waals surface area (Å²) in [7, 11) is 0. The van der Waals surface area contributed by atoms with Crippen LogP contribution in [-0.4, -0.2) is 24.8 Å². The minimum absolute atomic E-state index is 0.0157. The smallest absolute Gasteiger partial charge is 0.318 e. The molecule has 96 valence electrons. The van der Waals surface area contributed by atoms with Crippen LogP contribution in [0.4, 0.5) is 0 Å².